The summed E-state index contributed by atoms with van der Waals surface area (Å²) in [6.07, 6.45) is 0.633. The van der Waals surface area contributed by atoms with Gasteiger partial charge in [-0.25, -0.2) is 0 Å². The maximum Gasteiger partial charge on any atom is 0.231 e. The molecule has 19 heavy (non-hydrogen) atoms. The Kier molecular flexibility index (Phi) is 3.29. The number of hydrogen-bond donors (Lipinski definition) is 1. The van der Waals surface area contributed by atoms with Crippen LogP contribution in [0, 0.1) is 5.92 Å². The highest BCUT2D eigenvalue weighted by Crippen LogP contribution is 2.32. The molecule has 3 rings (SSSR count). The molecule has 0 unspecified atom stereocenters. The molecule has 0 spiro atoms. The summed E-state index contributed by atoms with van der Waals surface area (Å²) in [6.45, 7) is 2.81. The molecular weight excluding hydrogens is 244 g/mol. The van der Waals surface area contributed by atoms with Crippen molar-refractivity contribution in [3.63, 3.8) is 0 Å². The molecule has 1 N–H and O–H groups in total. The van der Waals surface area contributed by atoms with Crippen LogP contribution in [0.15, 0.2) is 18.2 Å². The molecule has 1 saturated heterocycles. The van der Waals surface area contributed by atoms with Crippen molar-refractivity contribution in [1.29, 1.82) is 0 Å². The highest BCUT2D eigenvalue weighted by Gasteiger charge is 2.22. The Hall–Kier alpha value is -1.75. The molecule has 0 saturated carbocycles. The third kappa shape index (κ3) is 2.66. The molecule has 0 bridgehead atoms. The molecule has 1 amide bonds. The molecule has 102 valence electrons. The van der Waals surface area contributed by atoms with Gasteiger partial charge in [0, 0.05) is 20.0 Å². The minimum Gasteiger partial charge on any atom is -0.454 e. The number of benzene rings is 1. The van der Waals surface area contributed by atoms with Gasteiger partial charge in [-0.15, -0.1) is 0 Å². The average molecular weight is 262 g/mol. The molecular formula is C14H18N2O3. The van der Waals surface area contributed by atoms with Crippen LogP contribution in [0.5, 0.6) is 11.5 Å². The monoisotopic (exact) mass is 262 g/mol. The summed E-state index contributed by atoms with van der Waals surface area (Å²) in [4.78, 5) is 13.8. The van der Waals surface area contributed by atoms with Crippen LogP contribution in [0.1, 0.15) is 12.0 Å². The van der Waals surface area contributed by atoms with Crippen LogP contribution in [0.2, 0.25) is 0 Å². The summed E-state index contributed by atoms with van der Waals surface area (Å²) in [5, 5.41) is 3.18. The summed E-state index contributed by atoms with van der Waals surface area (Å²) in [5.74, 6) is 2.25. The fourth-order valence-electron chi connectivity index (χ4n) is 2.30. The van der Waals surface area contributed by atoms with Crippen LogP contribution in [0.4, 0.5) is 0 Å². The molecule has 1 fully saturated rings. The smallest absolute Gasteiger partial charge is 0.231 e. The zero-order chi connectivity index (χ0) is 13.2. The van der Waals surface area contributed by atoms with E-state index in [1.54, 1.807) is 4.90 Å². The highest BCUT2D eigenvalue weighted by molar-refractivity contribution is 5.76. The largest absolute Gasteiger partial charge is 0.454 e. The molecule has 5 heteroatoms. The number of carbonyl (C=O) groups excluding carboxylic acids is 1. The maximum absolute atomic E-state index is 12.0. The van der Waals surface area contributed by atoms with Gasteiger partial charge in [0.05, 0.1) is 0 Å². The lowest BCUT2D eigenvalue weighted by molar-refractivity contribution is -0.131. The van der Waals surface area contributed by atoms with Gasteiger partial charge < -0.3 is 19.7 Å². The van der Waals surface area contributed by atoms with Crippen LogP contribution >= 0.6 is 0 Å². The minimum absolute atomic E-state index is 0.198. The fourth-order valence-corrected chi connectivity index (χ4v) is 2.30. The SMILES string of the molecule is CN(Cc1ccc2c(c1)OCO2)C(=O)CC1CNC1. The molecule has 2 aliphatic heterocycles. The summed E-state index contributed by atoms with van der Waals surface area (Å²) in [5.41, 5.74) is 1.06. The van der Waals surface area contributed by atoms with Crippen LogP contribution in [-0.4, -0.2) is 37.7 Å². The first-order valence-corrected chi connectivity index (χ1v) is 6.55. The van der Waals surface area contributed by atoms with E-state index in [1.165, 1.54) is 0 Å². The molecule has 0 radical (unpaired) electrons. The predicted octanol–water partition coefficient (Wildman–Crippen LogP) is 0.983. The van der Waals surface area contributed by atoms with Crippen LogP contribution in [0.3, 0.4) is 0 Å². The van der Waals surface area contributed by atoms with E-state index in [9.17, 15) is 4.79 Å². The topological polar surface area (TPSA) is 50.8 Å². The average Bonchev–Trinajstić information content (AvgIpc) is 2.80. The third-order valence-corrected chi connectivity index (χ3v) is 3.61. The van der Waals surface area contributed by atoms with Gasteiger partial charge >= 0.3 is 0 Å². The lowest BCUT2D eigenvalue weighted by atomic mass is 9.99. The van der Waals surface area contributed by atoms with Gasteiger partial charge in [0.2, 0.25) is 12.7 Å². The molecule has 2 aliphatic rings. The van der Waals surface area contributed by atoms with Crippen molar-refractivity contribution in [3.8, 4) is 11.5 Å². The molecule has 0 aromatic heterocycles. The number of ether oxygens (including phenoxy) is 2. The van der Waals surface area contributed by atoms with E-state index >= 15 is 0 Å². The van der Waals surface area contributed by atoms with Crippen LogP contribution in [0.25, 0.3) is 0 Å². The predicted molar refractivity (Wildman–Crippen MR) is 70.0 cm³/mol. The highest BCUT2D eigenvalue weighted by atomic mass is 16.7. The Bertz CT molecular complexity index is 486. The van der Waals surface area contributed by atoms with Gasteiger partial charge in [-0.1, -0.05) is 6.07 Å². The Morgan fingerprint density at radius 1 is 1.37 bits per heavy atom. The van der Waals surface area contributed by atoms with E-state index in [0.29, 0.717) is 18.9 Å². The Labute approximate surface area is 112 Å². The Balaban J connectivity index is 1.59. The van der Waals surface area contributed by atoms with Gasteiger partial charge in [-0.2, -0.15) is 0 Å². The maximum atomic E-state index is 12.0. The lowest BCUT2D eigenvalue weighted by Crippen LogP contribution is -2.44. The van der Waals surface area contributed by atoms with Crippen molar-refractivity contribution >= 4 is 5.91 Å². The van der Waals surface area contributed by atoms with Gasteiger partial charge in [0.15, 0.2) is 11.5 Å². The van der Waals surface area contributed by atoms with Crippen molar-refractivity contribution in [1.82, 2.24) is 10.2 Å². The normalized spacial score (nSPS) is 17.1. The van der Waals surface area contributed by atoms with E-state index in [-0.39, 0.29) is 12.7 Å². The van der Waals surface area contributed by atoms with E-state index in [4.69, 9.17) is 9.47 Å². The zero-order valence-corrected chi connectivity index (χ0v) is 11.0. The summed E-state index contributed by atoms with van der Waals surface area (Å²) in [7, 11) is 1.85. The second-order valence-corrected chi connectivity index (χ2v) is 5.17. The standard InChI is InChI=1S/C14H18N2O3/c1-16(14(17)5-11-6-15-7-11)8-10-2-3-12-13(4-10)19-9-18-12/h2-4,11,15H,5-9H2,1H3. The third-order valence-electron chi connectivity index (χ3n) is 3.61. The molecule has 0 aliphatic carbocycles. The number of nitrogens with one attached hydrogen (secondary N) is 1. The van der Waals surface area contributed by atoms with Crippen LogP contribution in [-0.2, 0) is 11.3 Å². The Morgan fingerprint density at radius 3 is 2.89 bits per heavy atom. The lowest BCUT2D eigenvalue weighted by Gasteiger charge is -2.28. The van der Waals surface area contributed by atoms with Crippen molar-refractivity contribution < 1.29 is 14.3 Å². The van der Waals surface area contributed by atoms with E-state index in [0.717, 1.165) is 30.2 Å². The number of carbonyl (C=O) groups is 1. The van der Waals surface area contributed by atoms with E-state index < -0.39 is 0 Å². The van der Waals surface area contributed by atoms with Gasteiger partial charge in [0.1, 0.15) is 0 Å². The number of fused-ring (bicyclic) bond motifs is 1. The molecule has 1 aromatic carbocycles. The van der Waals surface area contributed by atoms with Crippen molar-refractivity contribution in [2.24, 2.45) is 5.92 Å². The first-order chi connectivity index (χ1) is 9.22. The summed E-state index contributed by atoms with van der Waals surface area (Å²) < 4.78 is 10.6. The van der Waals surface area contributed by atoms with E-state index in [2.05, 4.69) is 5.32 Å². The molecule has 0 atom stereocenters. The van der Waals surface area contributed by atoms with E-state index in [1.807, 2.05) is 25.2 Å². The summed E-state index contributed by atoms with van der Waals surface area (Å²) >= 11 is 0. The first kappa shape index (κ1) is 12.3. The number of nitrogens with zero attached hydrogens (tertiary/aromatic N) is 1. The number of rotatable bonds is 4. The molecule has 5 nitrogen and oxygen atoms in total. The quantitative estimate of drug-likeness (QED) is 0.879. The second kappa shape index (κ2) is 5.09. The second-order valence-electron chi connectivity index (χ2n) is 5.17. The number of amides is 1. The van der Waals surface area contributed by atoms with Crippen molar-refractivity contribution in [2.45, 2.75) is 13.0 Å². The molecule has 1 aromatic rings. The first-order valence-electron chi connectivity index (χ1n) is 6.55. The van der Waals surface area contributed by atoms with Crippen molar-refractivity contribution in [2.75, 3.05) is 26.9 Å². The Morgan fingerprint density at radius 2 is 2.16 bits per heavy atom. The van der Waals surface area contributed by atoms with Gasteiger partial charge in [-0.05, 0) is 36.7 Å². The fraction of sp³-hybridized carbons (Fsp3) is 0.500. The van der Waals surface area contributed by atoms with Crippen LogP contribution < -0.4 is 14.8 Å². The van der Waals surface area contributed by atoms with Gasteiger partial charge in [0.25, 0.3) is 0 Å². The minimum atomic E-state index is 0.198. The number of hydrogen-bond acceptors (Lipinski definition) is 4. The zero-order valence-electron chi connectivity index (χ0n) is 11.0. The molecule has 2 heterocycles. The van der Waals surface area contributed by atoms with Crippen molar-refractivity contribution in [3.05, 3.63) is 23.8 Å². The summed E-state index contributed by atoms with van der Waals surface area (Å²) in [6, 6.07) is 5.81. The van der Waals surface area contributed by atoms with Gasteiger partial charge in [-0.3, -0.25) is 4.79 Å².